The predicted octanol–water partition coefficient (Wildman–Crippen LogP) is 4.08. The molecule has 2 aliphatic heterocycles. The number of ketones is 1. The number of nitrogens with one attached hydrogen (secondary N) is 1. The van der Waals surface area contributed by atoms with Crippen LogP contribution in [0, 0.1) is 0 Å². The highest BCUT2D eigenvalue weighted by Crippen LogP contribution is 2.39. The van der Waals surface area contributed by atoms with Crippen molar-refractivity contribution in [2.75, 3.05) is 30.4 Å². The monoisotopic (exact) mass is 407 g/mol. The van der Waals surface area contributed by atoms with E-state index in [-0.39, 0.29) is 11.7 Å². The van der Waals surface area contributed by atoms with Gasteiger partial charge in [0.05, 0.1) is 5.56 Å². The summed E-state index contributed by atoms with van der Waals surface area (Å²) in [7, 11) is 2.12. The molecule has 1 amide bonds. The van der Waals surface area contributed by atoms with Gasteiger partial charge in [-0.05, 0) is 62.8 Å². The van der Waals surface area contributed by atoms with Gasteiger partial charge in [0, 0.05) is 28.0 Å². The first-order valence-corrected chi connectivity index (χ1v) is 10.3. The SMILES string of the molecule is CN1CCC(Nc2ccc3c4c2C(=O)N(c2cccc(Cl)c2)C(C=C3)C4=O)CC1. The first-order valence-electron chi connectivity index (χ1n) is 9.96. The molecule has 6 heteroatoms. The molecule has 2 aromatic carbocycles. The van der Waals surface area contributed by atoms with Gasteiger partial charge in [0.25, 0.3) is 5.91 Å². The zero-order chi connectivity index (χ0) is 20.1. The van der Waals surface area contributed by atoms with Crippen LogP contribution in [0.2, 0.25) is 5.02 Å². The van der Waals surface area contributed by atoms with E-state index in [0.717, 1.165) is 37.2 Å². The second-order valence-corrected chi connectivity index (χ2v) is 8.43. The van der Waals surface area contributed by atoms with Gasteiger partial charge in [0.2, 0.25) is 0 Å². The van der Waals surface area contributed by atoms with Crippen molar-refractivity contribution in [1.82, 2.24) is 4.90 Å². The van der Waals surface area contributed by atoms with Crippen LogP contribution in [0.15, 0.2) is 42.5 Å². The lowest BCUT2D eigenvalue weighted by Crippen LogP contribution is -2.51. The molecule has 1 unspecified atom stereocenters. The Morgan fingerprint density at radius 2 is 1.86 bits per heavy atom. The average Bonchev–Trinajstić information content (AvgIpc) is 2.71. The van der Waals surface area contributed by atoms with Crippen LogP contribution in [0.3, 0.4) is 0 Å². The zero-order valence-corrected chi connectivity index (χ0v) is 16.9. The van der Waals surface area contributed by atoms with Gasteiger partial charge in [0.15, 0.2) is 5.78 Å². The van der Waals surface area contributed by atoms with E-state index in [0.29, 0.717) is 27.9 Å². The summed E-state index contributed by atoms with van der Waals surface area (Å²) in [6.45, 7) is 2.04. The number of fused-ring (bicyclic) bond motifs is 1. The molecule has 3 aliphatic rings. The van der Waals surface area contributed by atoms with Crippen molar-refractivity contribution in [2.24, 2.45) is 0 Å². The van der Waals surface area contributed by atoms with Crippen LogP contribution in [-0.4, -0.2) is 48.8 Å². The molecule has 2 aromatic rings. The molecule has 148 valence electrons. The lowest BCUT2D eigenvalue weighted by atomic mass is 9.82. The molecule has 0 spiro atoms. The minimum Gasteiger partial charge on any atom is -0.382 e. The van der Waals surface area contributed by atoms with E-state index < -0.39 is 6.04 Å². The van der Waals surface area contributed by atoms with E-state index in [4.69, 9.17) is 11.6 Å². The smallest absolute Gasteiger partial charge is 0.262 e. The quantitative estimate of drug-likeness (QED) is 0.832. The van der Waals surface area contributed by atoms with Gasteiger partial charge < -0.3 is 10.2 Å². The molecular weight excluding hydrogens is 386 g/mol. The van der Waals surface area contributed by atoms with Crippen molar-refractivity contribution in [3.8, 4) is 0 Å². The molecule has 1 fully saturated rings. The van der Waals surface area contributed by atoms with E-state index in [2.05, 4.69) is 17.3 Å². The third-order valence-corrected chi connectivity index (χ3v) is 6.32. The van der Waals surface area contributed by atoms with E-state index in [9.17, 15) is 9.59 Å². The van der Waals surface area contributed by atoms with Gasteiger partial charge in [-0.1, -0.05) is 35.9 Å². The van der Waals surface area contributed by atoms with Crippen LogP contribution in [0.25, 0.3) is 6.08 Å². The van der Waals surface area contributed by atoms with E-state index in [1.54, 1.807) is 29.2 Å². The third kappa shape index (κ3) is 3.05. The maximum Gasteiger partial charge on any atom is 0.262 e. The lowest BCUT2D eigenvalue weighted by Gasteiger charge is -2.38. The maximum atomic E-state index is 13.6. The largest absolute Gasteiger partial charge is 0.382 e. The van der Waals surface area contributed by atoms with E-state index >= 15 is 0 Å². The standard InChI is InChI=1S/C23H22ClN3O2/c1-26-11-9-16(10-12-26)25-18-7-5-14-6-8-19-22(28)20(14)21(18)23(29)27(19)17-4-2-3-15(24)13-17/h2-8,13,16,19,25H,9-12H2,1H3. The number of carbonyl (C=O) groups excluding carboxylic acids is 2. The van der Waals surface area contributed by atoms with E-state index in [1.165, 1.54) is 0 Å². The molecular formula is C23H22ClN3O2. The molecule has 0 radical (unpaired) electrons. The Balaban J connectivity index is 1.59. The van der Waals surface area contributed by atoms with Crippen molar-refractivity contribution < 1.29 is 9.59 Å². The Bertz CT molecular complexity index is 1040. The normalized spacial score (nSPS) is 21.6. The number of amides is 1. The fraction of sp³-hybridized carbons (Fsp3) is 0.304. The number of piperidine rings is 1. The first kappa shape index (κ1) is 18.4. The highest BCUT2D eigenvalue weighted by molar-refractivity contribution is 6.31. The number of likely N-dealkylation sites (tertiary alicyclic amines) is 1. The molecule has 29 heavy (non-hydrogen) atoms. The van der Waals surface area contributed by atoms with Gasteiger partial charge in [-0.15, -0.1) is 0 Å². The first-order chi connectivity index (χ1) is 14.0. The number of rotatable bonds is 3. The number of halogens is 1. The topological polar surface area (TPSA) is 52.7 Å². The Morgan fingerprint density at radius 3 is 2.62 bits per heavy atom. The third-order valence-electron chi connectivity index (χ3n) is 6.09. The van der Waals surface area contributed by atoms with Gasteiger partial charge >= 0.3 is 0 Å². The number of hydrogen-bond donors (Lipinski definition) is 1. The van der Waals surface area contributed by atoms with Crippen molar-refractivity contribution in [1.29, 1.82) is 0 Å². The van der Waals surface area contributed by atoms with Crippen molar-refractivity contribution >= 4 is 40.7 Å². The summed E-state index contributed by atoms with van der Waals surface area (Å²) in [6, 6.07) is 10.6. The zero-order valence-electron chi connectivity index (χ0n) is 16.2. The van der Waals surface area contributed by atoms with Gasteiger partial charge in [-0.3, -0.25) is 14.5 Å². The second kappa shape index (κ2) is 7.01. The molecule has 0 aromatic heterocycles. The highest BCUT2D eigenvalue weighted by atomic mass is 35.5. The Morgan fingerprint density at radius 1 is 1.07 bits per heavy atom. The van der Waals surface area contributed by atoms with Crippen molar-refractivity contribution in [3.05, 3.63) is 64.2 Å². The summed E-state index contributed by atoms with van der Waals surface area (Å²) in [5.74, 6) is -0.197. The van der Waals surface area contributed by atoms with Gasteiger partial charge in [-0.25, -0.2) is 0 Å². The van der Waals surface area contributed by atoms with Crippen LogP contribution in [0.5, 0.6) is 0 Å². The summed E-state index contributed by atoms with van der Waals surface area (Å²) < 4.78 is 0. The fourth-order valence-electron chi connectivity index (χ4n) is 4.52. The molecule has 1 N–H and O–H groups in total. The van der Waals surface area contributed by atoms with Crippen molar-refractivity contribution in [2.45, 2.75) is 24.9 Å². The van der Waals surface area contributed by atoms with Crippen molar-refractivity contribution in [3.63, 3.8) is 0 Å². The molecule has 2 bridgehead atoms. The fourth-order valence-corrected chi connectivity index (χ4v) is 4.71. The molecule has 5 rings (SSSR count). The van der Waals surface area contributed by atoms with Crippen LogP contribution in [0.1, 0.15) is 39.1 Å². The minimum absolute atomic E-state index is 0.0379. The number of anilines is 2. The summed E-state index contributed by atoms with van der Waals surface area (Å²) >= 11 is 6.17. The Kier molecular flexibility index (Phi) is 4.45. The van der Waals surface area contributed by atoms with Crippen LogP contribution in [-0.2, 0) is 0 Å². The molecule has 1 aliphatic carbocycles. The Labute approximate surface area is 174 Å². The van der Waals surface area contributed by atoms with Crippen LogP contribution in [0.4, 0.5) is 11.4 Å². The summed E-state index contributed by atoms with van der Waals surface area (Å²) in [5.41, 5.74) is 3.21. The molecule has 1 saturated heterocycles. The molecule has 2 heterocycles. The number of hydrogen-bond acceptors (Lipinski definition) is 4. The number of nitrogens with zero attached hydrogens (tertiary/aromatic N) is 2. The summed E-state index contributed by atoms with van der Waals surface area (Å²) in [5, 5.41) is 4.09. The van der Waals surface area contributed by atoms with E-state index in [1.807, 2.05) is 24.3 Å². The number of carbonyl (C=O) groups is 2. The Hall–Kier alpha value is -2.63. The van der Waals surface area contributed by atoms with Gasteiger partial charge in [-0.2, -0.15) is 0 Å². The van der Waals surface area contributed by atoms with Crippen LogP contribution < -0.4 is 10.2 Å². The second-order valence-electron chi connectivity index (χ2n) is 8.00. The maximum absolute atomic E-state index is 13.6. The summed E-state index contributed by atoms with van der Waals surface area (Å²) in [6.07, 6.45) is 5.76. The average molecular weight is 408 g/mol. The minimum atomic E-state index is -0.625. The molecule has 1 atom stereocenters. The highest BCUT2D eigenvalue weighted by Gasteiger charge is 2.43. The number of Topliss-reactive ketones (excluding diaryl/α,β-unsaturated/α-hetero) is 1. The predicted molar refractivity (Wildman–Crippen MR) is 116 cm³/mol. The number of benzene rings is 2. The molecule has 5 nitrogen and oxygen atoms in total. The van der Waals surface area contributed by atoms with Crippen LogP contribution >= 0.6 is 11.6 Å². The molecule has 0 saturated carbocycles. The lowest BCUT2D eigenvalue weighted by molar-refractivity contribution is 0.0885. The van der Waals surface area contributed by atoms with Gasteiger partial charge in [0.1, 0.15) is 6.04 Å². The summed E-state index contributed by atoms with van der Waals surface area (Å²) in [4.78, 5) is 30.8.